The van der Waals surface area contributed by atoms with Crippen LogP contribution < -0.4 is 10.6 Å². The summed E-state index contributed by atoms with van der Waals surface area (Å²) in [5.41, 5.74) is 2.04. The van der Waals surface area contributed by atoms with Gasteiger partial charge >= 0.3 is 6.03 Å². The Morgan fingerprint density at radius 3 is 2.70 bits per heavy atom. The molecule has 1 aromatic heterocycles. The van der Waals surface area contributed by atoms with Gasteiger partial charge in [-0.25, -0.2) is 9.78 Å². The monoisotopic (exact) mass is 287 g/mol. The fourth-order valence-corrected chi connectivity index (χ4v) is 2.92. The lowest BCUT2D eigenvalue weighted by atomic mass is 10.2. The second-order valence-electron chi connectivity index (χ2n) is 4.97. The lowest BCUT2D eigenvalue weighted by Gasteiger charge is -2.06. The molecule has 0 aliphatic heterocycles. The van der Waals surface area contributed by atoms with E-state index in [4.69, 9.17) is 0 Å². The minimum atomic E-state index is -0.158. The van der Waals surface area contributed by atoms with E-state index in [1.54, 1.807) is 11.3 Å². The fraction of sp³-hybridized carbons (Fsp3) is 0.333. The van der Waals surface area contributed by atoms with Gasteiger partial charge in [-0.15, -0.1) is 11.3 Å². The first kappa shape index (κ1) is 13.1. The average Bonchev–Trinajstić information content (AvgIpc) is 3.23. The van der Waals surface area contributed by atoms with Crippen molar-refractivity contribution in [3.8, 4) is 0 Å². The van der Waals surface area contributed by atoms with Gasteiger partial charge in [0.15, 0.2) is 0 Å². The molecule has 0 atom stereocenters. The molecule has 2 aromatic rings. The van der Waals surface area contributed by atoms with E-state index in [9.17, 15) is 4.79 Å². The molecule has 5 heteroatoms. The molecule has 2 amide bonds. The highest BCUT2D eigenvalue weighted by atomic mass is 32.1. The maximum atomic E-state index is 11.7. The number of hydrogen-bond donors (Lipinski definition) is 2. The summed E-state index contributed by atoms with van der Waals surface area (Å²) >= 11 is 1.70. The van der Waals surface area contributed by atoms with Crippen molar-refractivity contribution in [3.63, 3.8) is 0 Å². The molecular formula is C15H17N3OS. The summed E-state index contributed by atoms with van der Waals surface area (Å²) in [4.78, 5) is 16.2. The number of carbonyl (C=O) groups excluding carboxylic acids is 1. The second kappa shape index (κ2) is 6.05. The Kier molecular flexibility index (Phi) is 3.97. The summed E-state index contributed by atoms with van der Waals surface area (Å²) in [6.07, 6.45) is 2.52. The maximum absolute atomic E-state index is 11.7. The van der Waals surface area contributed by atoms with Crippen molar-refractivity contribution in [2.24, 2.45) is 0 Å². The third-order valence-corrected chi connectivity index (χ3v) is 4.28. The van der Waals surface area contributed by atoms with E-state index in [0.717, 1.165) is 11.3 Å². The van der Waals surface area contributed by atoms with Crippen LogP contribution in [0.2, 0.25) is 0 Å². The summed E-state index contributed by atoms with van der Waals surface area (Å²) in [7, 11) is 0. The maximum Gasteiger partial charge on any atom is 0.315 e. The van der Waals surface area contributed by atoms with Crippen LogP contribution in [0.5, 0.6) is 0 Å². The highest BCUT2D eigenvalue weighted by Crippen LogP contribution is 2.41. The third kappa shape index (κ3) is 3.57. The summed E-state index contributed by atoms with van der Waals surface area (Å²) in [6, 6.07) is 9.71. The number of urea groups is 1. The quantitative estimate of drug-likeness (QED) is 0.888. The molecule has 1 heterocycles. The van der Waals surface area contributed by atoms with E-state index >= 15 is 0 Å². The zero-order valence-corrected chi connectivity index (χ0v) is 12.0. The molecule has 1 aliphatic rings. The van der Waals surface area contributed by atoms with Gasteiger partial charge < -0.3 is 10.6 Å². The Hall–Kier alpha value is -1.88. The molecule has 0 bridgehead atoms. The smallest absolute Gasteiger partial charge is 0.315 e. The number of nitrogens with one attached hydrogen (secondary N) is 2. The van der Waals surface area contributed by atoms with Gasteiger partial charge in [0.2, 0.25) is 0 Å². The minimum Gasteiger partial charge on any atom is -0.334 e. The Bertz CT molecular complexity index is 578. The number of carbonyl (C=O) groups is 1. The molecule has 1 saturated carbocycles. The summed E-state index contributed by atoms with van der Waals surface area (Å²) in [5, 5.41) is 8.92. The molecule has 104 valence electrons. The van der Waals surface area contributed by atoms with Gasteiger partial charge in [-0.2, -0.15) is 0 Å². The minimum absolute atomic E-state index is 0.158. The Morgan fingerprint density at radius 2 is 1.95 bits per heavy atom. The standard InChI is InChI=1S/C15H17N3OS/c19-15(16-8-11-4-2-1-3-5-11)17-9-13-10-20-14(18-13)12-6-7-12/h1-5,10,12H,6-9H2,(H2,16,17,19). The molecule has 1 aliphatic carbocycles. The highest BCUT2D eigenvalue weighted by molar-refractivity contribution is 7.09. The number of rotatable bonds is 5. The zero-order chi connectivity index (χ0) is 13.8. The van der Waals surface area contributed by atoms with E-state index in [-0.39, 0.29) is 6.03 Å². The van der Waals surface area contributed by atoms with E-state index in [0.29, 0.717) is 19.0 Å². The molecule has 1 fully saturated rings. The molecule has 1 aromatic carbocycles. The number of nitrogens with zero attached hydrogens (tertiary/aromatic N) is 1. The second-order valence-corrected chi connectivity index (χ2v) is 5.86. The first-order valence-corrected chi connectivity index (χ1v) is 7.69. The average molecular weight is 287 g/mol. The van der Waals surface area contributed by atoms with Gasteiger partial charge in [-0.3, -0.25) is 0 Å². The third-order valence-electron chi connectivity index (χ3n) is 3.22. The van der Waals surface area contributed by atoms with Crippen molar-refractivity contribution in [1.29, 1.82) is 0 Å². The van der Waals surface area contributed by atoms with Crippen LogP contribution in [0.15, 0.2) is 35.7 Å². The van der Waals surface area contributed by atoms with Gasteiger partial charge in [-0.05, 0) is 18.4 Å². The molecule has 0 unspecified atom stereocenters. The Balaban J connectivity index is 1.42. The van der Waals surface area contributed by atoms with Crippen molar-refractivity contribution < 1.29 is 4.79 Å². The lowest BCUT2D eigenvalue weighted by Crippen LogP contribution is -2.34. The number of thiazole rings is 1. The number of aromatic nitrogens is 1. The number of benzene rings is 1. The molecule has 0 saturated heterocycles. The van der Waals surface area contributed by atoms with Crippen LogP contribution in [0.25, 0.3) is 0 Å². The van der Waals surface area contributed by atoms with E-state index < -0.39 is 0 Å². The first-order chi connectivity index (χ1) is 9.81. The predicted molar refractivity (Wildman–Crippen MR) is 79.6 cm³/mol. The molecule has 0 radical (unpaired) electrons. The largest absolute Gasteiger partial charge is 0.334 e. The summed E-state index contributed by atoms with van der Waals surface area (Å²) < 4.78 is 0. The SMILES string of the molecule is O=C(NCc1ccccc1)NCc1csc(C2CC2)n1. The summed E-state index contributed by atoms with van der Waals surface area (Å²) in [5.74, 6) is 0.681. The van der Waals surface area contributed by atoms with E-state index in [1.807, 2.05) is 35.7 Å². The van der Waals surface area contributed by atoms with Crippen molar-refractivity contribution in [3.05, 3.63) is 52.0 Å². The number of hydrogen-bond acceptors (Lipinski definition) is 3. The molecule has 2 N–H and O–H groups in total. The number of amides is 2. The molecular weight excluding hydrogens is 270 g/mol. The lowest BCUT2D eigenvalue weighted by molar-refractivity contribution is 0.240. The molecule has 4 nitrogen and oxygen atoms in total. The normalized spacial score (nSPS) is 14.0. The highest BCUT2D eigenvalue weighted by Gasteiger charge is 2.26. The van der Waals surface area contributed by atoms with Gasteiger partial charge in [0.1, 0.15) is 0 Å². The van der Waals surface area contributed by atoms with E-state index in [2.05, 4.69) is 15.6 Å². The van der Waals surface area contributed by atoms with Crippen molar-refractivity contribution in [2.75, 3.05) is 0 Å². The van der Waals surface area contributed by atoms with E-state index in [1.165, 1.54) is 17.8 Å². The Morgan fingerprint density at radius 1 is 1.20 bits per heavy atom. The van der Waals surface area contributed by atoms with Crippen LogP contribution >= 0.6 is 11.3 Å². The zero-order valence-electron chi connectivity index (χ0n) is 11.1. The van der Waals surface area contributed by atoms with Gasteiger partial charge in [-0.1, -0.05) is 30.3 Å². The van der Waals surface area contributed by atoms with Gasteiger partial charge in [0, 0.05) is 17.8 Å². The first-order valence-electron chi connectivity index (χ1n) is 6.81. The van der Waals surface area contributed by atoms with Crippen LogP contribution in [-0.2, 0) is 13.1 Å². The Labute approximate surface area is 122 Å². The van der Waals surface area contributed by atoms with Gasteiger partial charge in [0.05, 0.1) is 17.2 Å². The van der Waals surface area contributed by atoms with Crippen molar-refractivity contribution in [1.82, 2.24) is 15.6 Å². The van der Waals surface area contributed by atoms with Crippen LogP contribution in [0, 0.1) is 0 Å². The van der Waals surface area contributed by atoms with Crippen LogP contribution in [0.1, 0.15) is 35.0 Å². The molecule has 0 spiro atoms. The van der Waals surface area contributed by atoms with Crippen LogP contribution in [0.4, 0.5) is 4.79 Å². The molecule has 3 rings (SSSR count). The molecule has 20 heavy (non-hydrogen) atoms. The predicted octanol–water partition coefficient (Wildman–Crippen LogP) is 3.02. The van der Waals surface area contributed by atoms with Crippen molar-refractivity contribution in [2.45, 2.75) is 31.8 Å². The van der Waals surface area contributed by atoms with Crippen molar-refractivity contribution >= 4 is 17.4 Å². The van der Waals surface area contributed by atoms with Gasteiger partial charge in [0.25, 0.3) is 0 Å². The fourth-order valence-electron chi connectivity index (χ4n) is 1.93. The topological polar surface area (TPSA) is 54.0 Å². The summed E-state index contributed by atoms with van der Waals surface area (Å²) in [6.45, 7) is 1.03. The van der Waals surface area contributed by atoms with Crippen LogP contribution in [0.3, 0.4) is 0 Å². The van der Waals surface area contributed by atoms with Crippen LogP contribution in [-0.4, -0.2) is 11.0 Å².